The summed E-state index contributed by atoms with van der Waals surface area (Å²) in [4.78, 5) is 25.6. The molecule has 3 rings (SSSR count). The van der Waals surface area contributed by atoms with Crippen LogP contribution >= 0.6 is 11.6 Å². The molecule has 2 aliphatic rings. The summed E-state index contributed by atoms with van der Waals surface area (Å²) in [6.45, 7) is 1.88. The lowest BCUT2D eigenvalue weighted by atomic mass is 9.77. The Morgan fingerprint density at radius 3 is 2.46 bits per heavy atom. The molecule has 0 radical (unpaired) electrons. The van der Waals surface area contributed by atoms with Gasteiger partial charge in [-0.3, -0.25) is 9.59 Å². The molecular weight excluding hydrogens is 332 g/mol. The zero-order valence-corrected chi connectivity index (χ0v) is 14.8. The lowest BCUT2D eigenvalue weighted by Gasteiger charge is -2.33. The quantitative estimate of drug-likeness (QED) is 0.617. The first-order chi connectivity index (χ1) is 11.4. The first-order valence-corrected chi connectivity index (χ1v) is 8.43. The number of rotatable bonds is 3. The van der Waals surface area contributed by atoms with Gasteiger partial charge >= 0.3 is 5.97 Å². The maximum atomic E-state index is 13.1. The number of carbonyl (C=O) groups excluding carboxylic acids is 2. The van der Waals surface area contributed by atoms with Gasteiger partial charge in [-0.05, 0) is 50.3 Å². The number of carbonyl (C=O) groups is 2. The number of esters is 1. The lowest BCUT2D eigenvalue weighted by Crippen LogP contribution is -2.42. The molecule has 6 heteroatoms. The summed E-state index contributed by atoms with van der Waals surface area (Å²) in [6, 6.07) is 3.50. The van der Waals surface area contributed by atoms with E-state index < -0.39 is 17.5 Å². The third-order valence-corrected chi connectivity index (χ3v) is 5.37. The van der Waals surface area contributed by atoms with E-state index in [0.717, 1.165) is 5.56 Å². The summed E-state index contributed by atoms with van der Waals surface area (Å²) in [5.41, 5.74) is 0.260. The fourth-order valence-electron chi connectivity index (χ4n) is 3.73. The molecule has 0 amide bonds. The molecule has 1 aliphatic heterocycles. The van der Waals surface area contributed by atoms with Crippen molar-refractivity contribution in [1.29, 1.82) is 0 Å². The number of benzene rings is 1. The Balaban J connectivity index is 1.97. The Bertz CT molecular complexity index is 676. The van der Waals surface area contributed by atoms with Crippen molar-refractivity contribution in [3.63, 3.8) is 0 Å². The van der Waals surface area contributed by atoms with Crippen LogP contribution in [0.4, 0.5) is 0 Å². The maximum absolute atomic E-state index is 13.1. The van der Waals surface area contributed by atoms with E-state index in [1.54, 1.807) is 19.2 Å². The predicted octanol–water partition coefficient (Wildman–Crippen LogP) is 3.19. The normalized spacial score (nSPS) is 29.8. The van der Waals surface area contributed by atoms with Crippen LogP contribution in [-0.2, 0) is 19.1 Å². The SMILES string of the molecule is COc1cc(C)cc(Cl)c1C1C(=O)OC2(CCC(OC)CC2)C1=O. The van der Waals surface area contributed by atoms with Crippen molar-refractivity contribution in [3.05, 3.63) is 28.3 Å². The van der Waals surface area contributed by atoms with Gasteiger partial charge in [-0.15, -0.1) is 0 Å². The molecule has 0 N–H and O–H groups in total. The van der Waals surface area contributed by atoms with E-state index in [1.807, 2.05) is 6.92 Å². The molecule has 1 saturated carbocycles. The second-order valence-electron chi connectivity index (χ2n) is 6.51. The Morgan fingerprint density at radius 2 is 1.88 bits per heavy atom. The van der Waals surface area contributed by atoms with Crippen molar-refractivity contribution < 1.29 is 23.8 Å². The minimum Gasteiger partial charge on any atom is -0.496 e. The van der Waals surface area contributed by atoms with Gasteiger partial charge in [-0.25, -0.2) is 0 Å². The summed E-state index contributed by atoms with van der Waals surface area (Å²) in [7, 11) is 3.16. The van der Waals surface area contributed by atoms with Crippen LogP contribution in [0.25, 0.3) is 0 Å². The molecule has 1 heterocycles. The molecule has 5 nitrogen and oxygen atoms in total. The minimum atomic E-state index is -1.05. The van der Waals surface area contributed by atoms with Crippen molar-refractivity contribution in [3.8, 4) is 5.75 Å². The summed E-state index contributed by atoms with van der Waals surface area (Å²) >= 11 is 6.34. The molecule has 1 saturated heterocycles. The zero-order valence-electron chi connectivity index (χ0n) is 14.1. The number of halogens is 1. The van der Waals surface area contributed by atoms with Gasteiger partial charge in [0.25, 0.3) is 0 Å². The first-order valence-electron chi connectivity index (χ1n) is 8.06. The Labute approximate surface area is 146 Å². The Kier molecular flexibility index (Phi) is 4.58. The fraction of sp³-hybridized carbons (Fsp3) is 0.556. The molecule has 1 spiro atoms. The van der Waals surface area contributed by atoms with Gasteiger partial charge in [0.1, 0.15) is 11.7 Å². The van der Waals surface area contributed by atoms with Gasteiger partial charge in [-0.2, -0.15) is 0 Å². The topological polar surface area (TPSA) is 61.8 Å². The first kappa shape index (κ1) is 17.2. The van der Waals surface area contributed by atoms with Crippen molar-refractivity contribution >= 4 is 23.4 Å². The Hall–Kier alpha value is -1.59. The van der Waals surface area contributed by atoms with Crippen molar-refractivity contribution in [2.75, 3.05) is 14.2 Å². The monoisotopic (exact) mass is 352 g/mol. The van der Waals surface area contributed by atoms with Gasteiger partial charge in [0, 0.05) is 17.7 Å². The van der Waals surface area contributed by atoms with Gasteiger partial charge in [0.15, 0.2) is 11.4 Å². The highest BCUT2D eigenvalue weighted by Crippen LogP contribution is 2.47. The number of ketones is 1. The molecule has 24 heavy (non-hydrogen) atoms. The molecule has 2 fully saturated rings. The van der Waals surface area contributed by atoms with E-state index >= 15 is 0 Å². The number of hydrogen-bond donors (Lipinski definition) is 0. The highest BCUT2D eigenvalue weighted by atomic mass is 35.5. The van der Waals surface area contributed by atoms with Crippen molar-refractivity contribution in [2.45, 2.75) is 50.2 Å². The van der Waals surface area contributed by atoms with Crippen LogP contribution in [0.2, 0.25) is 5.02 Å². The zero-order chi connectivity index (χ0) is 17.5. The Morgan fingerprint density at radius 1 is 1.21 bits per heavy atom. The van der Waals surface area contributed by atoms with E-state index in [1.165, 1.54) is 7.11 Å². The van der Waals surface area contributed by atoms with Crippen LogP contribution in [0.3, 0.4) is 0 Å². The molecule has 1 aromatic rings. The average Bonchev–Trinajstić information content (AvgIpc) is 2.79. The molecule has 1 unspecified atom stereocenters. The summed E-state index contributed by atoms with van der Waals surface area (Å²) < 4.78 is 16.3. The van der Waals surface area contributed by atoms with E-state index in [9.17, 15) is 9.59 Å². The summed E-state index contributed by atoms with van der Waals surface area (Å²) in [6.07, 6.45) is 2.47. The largest absolute Gasteiger partial charge is 0.496 e. The van der Waals surface area contributed by atoms with Gasteiger partial charge in [0.05, 0.1) is 13.2 Å². The summed E-state index contributed by atoms with van der Waals surface area (Å²) in [5, 5.41) is 0.352. The third kappa shape index (κ3) is 2.70. The molecular formula is C18H21ClO5. The standard InChI is InChI=1S/C18H21ClO5/c1-10-8-12(19)14(13(9-10)23-3)15-16(20)18(24-17(15)21)6-4-11(22-2)5-7-18/h8-9,11,15H,4-7H2,1-3H3. The number of Topliss-reactive ketones (excluding diaryl/α,β-unsaturated/α-hetero) is 1. The average molecular weight is 353 g/mol. The van der Waals surface area contributed by atoms with Crippen molar-refractivity contribution in [1.82, 2.24) is 0 Å². The molecule has 1 aliphatic carbocycles. The molecule has 1 aromatic carbocycles. The van der Waals surface area contributed by atoms with Gasteiger partial charge in [-0.1, -0.05) is 11.6 Å². The number of methoxy groups -OCH3 is 2. The molecule has 0 aromatic heterocycles. The second kappa shape index (κ2) is 6.37. The third-order valence-electron chi connectivity index (χ3n) is 5.06. The second-order valence-corrected chi connectivity index (χ2v) is 6.92. The van der Waals surface area contributed by atoms with Gasteiger partial charge in [0.2, 0.25) is 0 Å². The molecule has 0 bridgehead atoms. The fourth-order valence-corrected chi connectivity index (χ4v) is 4.11. The van der Waals surface area contributed by atoms with E-state index in [-0.39, 0.29) is 11.9 Å². The highest BCUT2D eigenvalue weighted by Gasteiger charge is 2.57. The van der Waals surface area contributed by atoms with E-state index in [2.05, 4.69) is 0 Å². The lowest BCUT2D eigenvalue weighted by molar-refractivity contribution is -0.157. The minimum absolute atomic E-state index is 0.110. The predicted molar refractivity (Wildman–Crippen MR) is 88.6 cm³/mol. The van der Waals surface area contributed by atoms with E-state index in [4.69, 9.17) is 25.8 Å². The highest BCUT2D eigenvalue weighted by molar-refractivity contribution is 6.33. The van der Waals surface area contributed by atoms with Crippen LogP contribution < -0.4 is 4.74 Å². The molecule has 1 atom stereocenters. The summed E-state index contributed by atoms with van der Waals surface area (Å²) in [5.74, 6) is -1.34. The van der Waals surface area contributed by atoms with Crippen LogP contribution in [0.5, 0.6) is 5.75 Å². The van der Waals surface area contributed by atoms with Crippen LogP contribution in [0, 0.1) is 6.92 Å². The number of ether oxygens (including phenoxy) is 3. The molecule has 130 valence electrons. The van der Waals surface area contributed by atoms with Crippen LogP contribution in [0.1, 0.15) is 42.7 Å². The number of aryl methyl sites for hydroxylation is 1. The van der Waals surface area contributed by atoms with Crippen LogP contribution in [-0.4, -0.2) is 37.7 Å². The van der Waals surface area contributed by atoms with Gasteiger partial charge < -0.3 is 14.2 Å². The van der Waals surface area contributed by atoms with Crippen LogP contribution in [0.15, 0.2) is 12.1 Å². The smallest absolute Gasteiger partial charge is 0.322 e. The number of hydrogen-bond acceptors (Lipinski definition) is 5. The van der Waals surface area contributed by atoms with E-state index in [0.29, 0.717) is 42.0 Å². The maximum Gasteiger partial charge on any atom is 0.322 e. The van der Waals surface area contributed by atoms with Crippen molar-refractivity contribution in [2.24, 2.45) is 0 Å².